The fourth-order valence-corrected chi connectivity index (χ4v) is 30.0. The number of hydrogen-bond donors (Lipinski definition) is 1. The van der Waals surface area contributed by atoms with Crippen molar-refractivity contribution < 1.29 is 24.1 Å². The van der Waals surface area contributed by atoms with Gasteiger partial charge in [-0.15, -0.1) is 0 Å². The van der Waals surface area contributed by atoms with Gasteiger partial charge in [0, 0.05) is 19.7 Å². The van der Waals surface area contributed by atoms with Gasteiger partial charge < -0.3 is 24.1 Å². The molecule has 5 atom stereocenters. The maximum Gasteiger partial charge on any atom is 0.231 e. The van der Waals surface area contributed by atoms with E-state index >= 15 is 5.11 Å². The Hall–Kier alpha value is -9.14. The highest BCUT2D eigenvalue weighted by molar-refractivity contribution is 6.82. The fourth-order valence-electron chi connectivity index (χ4n) is 30.0. The van der Waals surface area contributed by atoms with E-state index in [4.69, 9.17) is 18.9 Å². The SMILES string of the molecule is CO[C@@H]1C=C[C@@]23c4cc5c(cc4CO[C@]2(O)[C@H]2N(CC46c7c8c9c%10c%11c%12c(c%13c%14c4c4c7c7c%15c8c8c9c9c%11c%11c%16c%12c%12c%13c%13c%14c%14c4c4c7c7c%15c%15c8c8c9c%11c9c%11c%16c%12c%12c%13c%13c%14c4c4c7c7c%15c8c9c8c%11c%12c%13c4c78)C%1026)[C@H]3C1)OCO5. The summed E-state index contributed by atoms with van der Waals surface area (Å²) in [5.41, 5.74) is 6.40. The van der Waals surface area contributed by atoms with E-state index < -0.39 is 28.1 Å². The Kier molecular flexibility index (Phi) is 3.07. The van der Waals surface area contributed by atoms with E-state index in [9.17, 15) is 0 Å². The molecule has 1 N–H and O–H groups in total. The van der Waals surface area contributed by atoms with Crippen LogP contribution in [0, 0.1) is 0 Å². The molecule has 3 spiro atoms. The van der Waals surface area contributed by atoms with Crippen molar-refractivity contribution in [2.45, 2.75) is 53.2 Å². The lowest BCUT2D eigenvalue weighted by molar-refractivity contribution is -0.261. The normalized spacial score (nSPS) is 29.5. The zero-order chi connectivity index (χ0) is 50.6. The lowest BCUT2D eigenvalue weighted by Crippen LogP contribution is -2.67. The van der Waals surface area contributed by atoms with Crippen LogP contribution in [0.5, 0.6) is 11.5 Å². The van der Waals surface area contributed by atoms with Crippen LogP contribution in [0.2, 0.25) is 0 Å². The third-order valence-corrected chi connectivity index (χ3v) is 30.4. The van der Waals surface area contributed by atoms with Crippen molar-refractivity contribution in [2.75, 3.05) is 20.4 Å². The molecular weight excluding hydrogens is 1030 g/mol. The number of ether oxygens (including phenoxy) is 4. The predicted octanol–water partition coefficient (Wildman–Crippen LogP) is 17.2. The minimum absolute atomic E-state index is 0.123. The van der Waals surface area contributed by atoms with Crippen LogP contribution in [0.3, 0.4) is 0 Å². The van der Waals surface area contributed by atoms with Gasteiger partial charge >= 0.3 is 0 Å². The molecule has 9 aliphatic rings. The summed E-state index contributed by atoms with van der Waals surface area (Å²) in [6.45, 7) is 1.29. The first-order valence-corrected chi connectivity index (χ1v) is 31.2. The molecule has 2 fully saturated rings. The van der Waals surface area contributed by atoms with Crippen molar-refractivity contribution in [2.24, 2.45) is 0 Å². The van der Waals surface area contributed by atoms with Crippen LogP contribution in [0.25, 0.3) is 291 Å². The van der Waals surface area contributed by atoms with E-state index in [1.807, 2.05) is 7.11 Å². The maximum absolute atomic E-state index is 15.7. The summed E-state index contributed by atoms with van der Waals surface area (Å²) in [5, 5.41) is 102. The van der Waals surface area contributed by atoms with Gasteiger partial charge in [0.1, 0.15) is 0 Å². The van der Waals surface area contributed by atoms with Gasteiger partial charge in [0.05, 0.1) is 35.0 Å². The third-order valence-electron chi connectivity index (χ3n) is 30.4. The summed E-state index contributed by atoms with van der Waals surface area (Å²) in [7, 11) is 1.89. The molecule has 4 aliphatic heterocycles. The minimum Gasteiger partial charge on any atom is -0.454 e. The van der Waals surface area contributed by atoms with Gasteiger partial charge in [-0.1, -0.05) is 12.2 Å². The van der Waals surface area contributed by atoms with Crippen molar-refractivity contribution in [3.05, 3.63) is 57.7 Å². The zero-order valence-corrected chi connectivity index (χ0v) is 43.4. The number of methoxy groups -OCH3 is 1. The van der Waals surface area contributed by atoms with Crippen molar-refractivity contribution in [3.63, 3.8) is 0 Å². The Morgan fingerprint density at radius 1 is 0.417 bits per heavy atom. The lowest BCUT2D eigenvalue weighted by atomic mass is 9.46. The quantitative estimate of drug-likeness (QED) is 0.131. The van der Waals surface area contributed by atoms with Gasteiger partial charge in [0.2, 0.25) is 6.79 Å². The van der Waals surface area contributed by atoms with Crippen LogP contribution in [-0.4, -0.2) is 54.4 Å². The third kappa shape index (κ3) is 1.86. The van der Waals surface area contributed by atoms with Crippen LogP contribution in [0.4, 0.5) is 0 Å². The molecule has 0 aromatic heterocycles. The van der Waals surface area contributed by atoms with Crippen LogP contribution in [-0.2, 0) is 32.3 Å². The minimum atomic E-state index is -1.67. The molecule has 0 radical (unpaired) electrons. The van der Waals surface area contributed by atoms with Gasteiger partial charge in [-0.2, -0.15) is 0 Å². The van der Waals surface area contributed by atoms with E-state index in [0.29, 0.717) is 6.61 Å². The van der Waals surface area contributed by atoms with Crippen molar-refractivity contribution in [1.82, 2.24) is 4.90 Å². The Balaban J connectivity index is 0.956. The van der Waals surface area contributed by atoms with Crippen molar-refractivity contribution in [3.8, 4) is 11.5 Å². The van der Waals surface area contributed by atoms with E-state index in [1.165, 1.54) is 0 Å². The zero-order valence-electron chi connectivity index (χ0n) is 43.4. The Labute approximate surface area is 460 Å². The lowest BCUT2D eigenvalue weighted by Gasteiger charge is -2.57. The molecule has 29 aromatic carbocycles. The van der Waals surface area contributed by atoms with Crippen LogP contribution in [0.15, 0.2) is 24.3 Å². The molecule has 29 aromatic rings. The molecule has 84 heavy (non-hydrogen) atoms. The molecule has 4 heterocycles. The smallest absolute Gasteiger partial charge is 0.231 e. The molecular formula is C78H19NO5. The standard InChI is InChI=1S/C78H19NO5/c1-81-11-2-3-75-12-6-14-13(82-9-83-14)4-10(12)7-84-78(75,80)74-77-72-66-60-50-38-30-22-18-16-17-20-24(22)32(38)42-36-28(20)29-21(17)25-23-19(16)27-26(18)34-40(30)48-54-44(34)45-35(27)41-31(23)39-33(25)43-37(29)47-46(36)58(52(42)60)68(72)69-59(47)53(43)61-51(39)57-49(41)55(45)63-62(54)70(64(66)56(48)50)76(77,8-79(74)15(75)5-11)71(63)65(57)67(61)73(69)77/h2-4,6,11,15,74,80H,5,7-9H2,1H3/t11-,15+,74+,75+,76?,77?,78-/m1/s1. The summed E-state index contributed by atoms with van der Waals surface area (Å²) in [6, 6.07) is 3.84. The Bertz CT molecular complexity index is 8010. The predicted molar refractivity (Wildman–Crippen MR) is 337 cm³/mol. The molecule has 0 saturated carbocycles. The summed E-state index contributed by atoms with van der Waals surface area (Å²) in [6.07, 6.45) is 5.30. The molecule has 366 valence electrons. The topological polar surface area (TPSA) is 60.4 Å². The van der Waals surface area contributed by atoms with Crippen molar-refractivity contribution in [1.29, 1.82) is 0 Å². The van der Waals surface area contributed by atoms with E-state index in [1.54, 1.807) is 313 Å². The molecule has 0 bridgehead atoms. The number of benzene rings is 19. The second kappa shape index (κ2) is 7.75. The van der Waals surface area contributed by atoms with Crippen LogP contribution in [0.1, 0.15) is 39.8 Å². The van der Waals surface area contributed by atoms with Gasteiger partial charge in [-0.25, -0.2) is 0 Å². The number of hydrogen-bond acceptors (Lipinski definition) is 6. The molecule has 0 amide bonds. The second-order valence-corrected chi connectivity index (χ2v) is 30.6. The highest BCUT2D eigenvalue weighted by Gasteiger charge is 2.86. The molecule has 2 saturated heterocycles. The highest BCUT2D eigenvalue weighted by Crippen LogP contribution is 2.88. The molecule has 6 heteroatoms. The summed E-state index contributed by atoms with van der Waals surface area (Å²) in [5.74, 6) is -0.129. The monoisotopic (exact) mass is 1050 g/mol. The fraction of sp³-hybridized carbons (Fsp3) is 0.154. The largest absolute Gasteiger partial charge is 0.454 e. The molecule has 5 aliphatic carbocycles. The van der Waals surface area contributed by atoms with Gasteiger partial charge in [0.15, 0.2) is 17.3 Å². The summed E-state index contributed by atoms with van der Waals surface area (Å²) < 4.78 is 26.9. The number of rotatable bonds is 1. The first kappa shape index (κ1) is 33.2. The first-order valence-electron chi connectivity index (χ1n) is 31.2. The van der Waals surface area contributed by atoms with Crippen molar-refractivity contribution >= 4 is 291 Å². The summed E-state index contributed by atoms with van der Waals surface area (Å²) >= 11 is 0. The van der Waals surface area contributed by atoms with Gasteiger partial charge in [-0.05, 0) is 343 Å². The average molecular weight is 1050 g/mol. The van der Waals surface area contributed by atoms with Gasteiger partial charge in [0.25, 0.3) is 0 Å². The number of nitrogens with zero attached hydrogens (tertiary/aromatic N) is 1. The van der Waals surface area contributed by atoms with Crippen LogP contribution >= 0.6 is 0 Å². The van der Waals surface area contributed by atoms with E-state index in [-0.39, 0.29) is 18.9 Å². The molecule has 38 rings (SSSR count). The molecule has 6 nitrogen and oxygen atoms in total. The first-order chi connectivity index (χ1) is 41.6. The second-order valence-electron chi connectivity index (χ2n) is 30.6. The summed E-state index contributed by atoms with van der Waals surface area (Å²) in [4.78, 5) is 2.96. The van der Waals surface area contributed by atoms with E-state index in [0.717, 1.165) is 35.6 Å². The molecule has 0 unspecified atom stereocenters. The highest BCUT2D eigenvalue weighted by atomic mass is 16.7. The Morgan fingerprint density at radius 3 is 1.06 bits per heavy atom. The van der Waals surface area contributed by atoms with E-state index in [2.05, 4.69) is 29.2 Å². The Morgan fingerprint density at radius 2 is 0.726 bits per heavy atom. The number of fused-ring (bicyclic) bond motifs is 5. The average Bonchev–Trinajstić information content (AvgIpc) is 1.41. The van der Waals surface area contributed by atoms with Gasteiger partial charge in [-0.3, -0.25) is 4.90 Å². The maximum atomic E-state index is 15.7. The number of aliphatic hydroxyl groups is 1. The van der Waals surface area contributed by atoms with Crippen LogP contribution < -0.4 is 9.47 Å².